The van der Waals surface area contributed by atoms with Crippen molar-refractivity contribution in [1.82, 2.24) is 4.98 Å². The molecule has 9 heteroatoms. The van der Waals surface area contributed by atoms with Crippen LogP contribution >= 0.6 is 11.3 Å². The number of aromatic nitrogens is 1. The number of fused-ring (bicyclic) bond motifs is 1. The monoisotopic (exact) mass is 441 g/mol. The molecule has 1 atom stereocenters. The van der Waals surface area contributed by atoms with E-state index >= 15 is 0 Å². The minimum atomic E-state index is -1.76. The number of benzene rings is 2. The molecule has 31 heavy (non-hydrogen) atoms. The van der Waals surface area contributed by atoms with Crippen LogP contribution in [0.2, 0.25) is 0 Å². The zero-order valence-electron chi connectivity index (χ0n) is 17.1. The van der Waals surface area contributed by atoms with Crippen LogP contribution in [0, 0.1) is 5.82 Å². The molecule has 1 unspecified atom stereocenters. The number of para-hydroxylation sites is 2. The lowest BCUT2D eigenvalue weighted by Crippen LogP contribution is -2.60. The molecule has 4 rings (SSSR count). The van der Waals surface area contributed by atoms with Gasteiger partial charge in [-0.2, -0.15) is 0 Å². The van der Waals surface area contributed by atoms with Crippen molar-refractivity contribution >= 4 is 34.0 Å². The molecular weight excluding hydrogens is 421 g/mol. The second-order valence-corrected chi connectivity index (χ2v) is 7.85. The van der Waals surface area contributed by atoms with Crippen LogP contribution in [0.5, 0.6) is 11.5 Å². The SMILES string of the molecule is CCN1C(=O)C(C)(C(=O)Nc2nc(-c3cc(F)ccc3OC)cs2)Oc2ccccc21. The third-order valence-electron chi connectivity index (χ3n) is 5.04. The lowest BCUT2D eigenvalue weighted by Gasteiger charge is -2.38. The smallest absolute Gasteiger partial charge is 0.280 e. The Morgan fingerprint density at radius 1 is 1.32 bits per heavy atom. The number of nitrogens with zero attached hydrogens (tertiary/aromatic N) is 2. The lowest BCUT2D eigenvalue weighted by atomic mass is 10.00. The van der Waals surface area contributed by atoms with Gasteiger partial charge in [-0.1, -0.05) is 12.1 Å². The number of hydrogen-bond donors (Lipinski definition) is 1. The number of thiazole rings is 1. The molecule has 3 aromatic rings. The maximum atomic E-state index is 13.7. The van der Waals surface area contributed by atoms with Crippen LogP contribution in [0.25, 0.3) is 11.3 Å². The maximum Gasteiger partial charge on any atom is 0.280 e. The van der Waals surface area contributed by atoms with E-state index < -0.39 is 23.2 Å². The van der Waals surface area contributed by atoms with Crippen molar-refractivity contribution in [2.75, 3.05) is 23.9 Å². The highest BCUT2D eigenvalue weighted by Gasteiger charge is 2.50. The molecule has 0 spiro atoms. The van der Waals surface area contributed by atoms with Crippen molar-refractivity contribution in [3.8, 4) is 22.8 Å². The number of likely N-dealkylation sites (N-methyl/N-ethyl adjacent to an activating group) is 1. The van der Waals surface area contributed by atoms with Gasteiger partial charge in [0, 0.05) is 17.5 Å². The standard InChI is InChI=1S/C22H20FN3O4S/c1-4-26-16-7-5-6-8-18(16)30-22(2,20(26)28)19(27)25-21-24-15(12-31-21)14-11-13(23)9-10-17(14)29-3/h5-12H,4H2,1-3H3,(H,24,25,27). The number of nitrogens with one attached hydrogen (secondary N) is 1. The van der Waals surface area contributed by atoms with E-state index in [1.165, 1.54) is 37.1 Å². The van der Waals surface area contributed by atoms with Crippen molar-refractivity contribution in [1.29, 1.82) is 0 Å². The Labute approximate surface area is 182 Å². The Hall–Kier alpha value is -3.46. The summed E-state index contributed by atoms with van der Waals surface area (Å²) in [6.07, 6.45) is 0. The van der Waals surface area contributed by atoms with Crippen LogP contribution in [-0.2, 0) is 9.59 Å². The number of ether oxygens (including phenoxy) is 2. The number of hydrogen-bond acceptors (Lipinski definition) is 6. The Morgan fingerprint density at radius 2 is 2.10 bits per heavy atom. The molecule has 1 N–H and O–H groups in total. The molecular formula is C22H20FN3O4S. The van der Waals surface area contributed by atoms with Crippen LogP contribution in [0.4, 0.5) is 15.2 Å². The second-order valence-electron chi connectivity index (χ2n) is 6.99. The van der Waals surface area contributed by atoms with E-state index in [1.54, 1.807) is 29.6 Å². The highest BCUT2D eigenvalue weighted by atomic mass is 32.1. The molecule has 0 aliphatic carbocycles. The molecule has 1 aliphatic heterocycles. The van der Waals surface area contributed by atoms with Crippen molar-refractivity contribution in [2.45, 2.75) is 19.4 Å². The van der Waals surface area contributed by atoms with Crippen LogP contribution in [0.3, 0.4) is 0 Å². The molecule has 1 aliphatic rings. The average Bonchev–Trinajstić information content (AvgIpc) is 3.23. The first-order valence-electron chi connectivity index (χ1n) is 9.58. The van der Waals surface area contributed by atoms with E-state index in [0.717, 1.165) is 11.3 Å². The van der Waals surface area contributed by atoms with Crippen molar-refractivity contribution in [3.63, 3.8) is 0 Å². The van der Waals surface area contributed by atoms with E-state index in [-0.39, 0.29) is 5.13 Å². The fourth-order valence-electron chi connectivity index (χ4n) is 3.41. The first kappa shape index (κ1) is 20.8. The molecule has 0 bridgehead atoms. The normalized spacial score (nSPS) is 17.7. The quantitative estimate of drug-likeness (QED) is 0.603. The van der Waals surface area contributed by atoms with Gasteiger partial charge in [0.25, 0.3) is 17.4 Å². The molecule has 7 nitrogen and oxygen atoms in total. The zero-order chi connectivity index (χ0) is 22.2. The summed E-state index contributed by atoms with van der Waals surface area (Å²) in [4.78, 5) is 32.1. The molecule has 0 radical (unpaired) electrons. The Kier molecular flexibility index (Phi) is 5.36. The molecule has 2 heterocycles. The Bertz CT molecular complexity index is 1170. The van der Waals surface area contributed by atoms with Gasteiger partial charge < -0.3 is 14.4 Å². The Morgan fingerprint density at radius 3 is 2.84 bits per heavy atom. The average molecular weight is 441 g/mol. The zero-order valence-corrected chi connectivity index (χ0v) is 18.0. The number of halogens is 1. The molecule has 160 valence electrons. The van der Waals surface area contributed by atoms with Crippen LogP contribution in [0.15, 0.2) is 47.8 Å². The summed E-state index contributed by atoms with van der Waals surface area (Å²) in [5, 5.41) is 4.59. The minimum Gasteiger partial charge on any atom is -0.496 e. The van der Waals surface area contributed by atoms with Gasteiger partial charge in [-0.25, -0.2) is 9.37 Å². The number of carbonyl (C=O) groups is 2. The van der Waals surface area contributed by atoms with Crippen LogP contribution in [0.1, 0.15) is 13.8 Å². The van der Waals surface area contributed by atoms with Gasteiger partial charge in [0.15, 0.2) is 5.13 Å². The van der Waals surface area contributed by atoms with Gasteiger partial charge in [0.1, 0.15) is 17.3 Å². The third kappa shape index (κ3) is 3.61. The summed E-state index contributed by atoms with van der Waals surface area (Å²) in [6, 6.07) is 11.2. The van der Waals surface area contributed by atoms with Gasteiger partial charge in [0.05, 0.1) is 18.5 Å². The molecule has 0 saturated heterocycles. The van der Waals surface area contributed by atoms with E-state index in [9.17, 15) is 14.0 Å². The molecule has 0 saturated carbocycles. The first-order chi connectivity index (χ1) is 14.9. The van der Waals surface area contributed by atoms with Gasteiger partial charge in [-0.3, -0.25) is 14.9 Å². The van der Waals surface area contributed by atoms with Crippen LogP contribution in [-0.4, -0.2) is 36.1 Å². The number of rotatable bonds is 5. The van der Waals surface area contributed by atoms with Gasteiger partial charge >= 0.3 is 0 Å². The van der Waals surface area contributed by atoms with Crippen molar-refractivity contribution in [2.24, 2.45) is 0 Å². The van der Waals surface area contributed by atoms with Gasteiger partial charge in [-0.15, -0.1) is 11.3 Å². The van der Waals surface area contributed by atoms with Gasteiger partial charge in [0.2, 0.25) is 0 Å². The van der Waals surface area contributed by atoms with Crippen molar-refractivity contribution in [3.05, 3.63) is 53.7 Å². The molecule has 2 amide bonds. The minimum absolute atomic E-state index is 0.255. The molecule has 0 fully saturated rings. The van der Waals surface area contributed by atoms with E-state index in [0.29, 0.717) is 35.0 Å². The largest absolute Gasteiger partial charge is 0.496 e. The number of methoxy groups -OCH3 is 1. The number of amides is 2. The van der Waals surface area contributed by atoms with E-state index in [2.05, 4.69) is 10.3 Å². The van der Waals surface area contributed by atoms with Crippen LogP contribution < -0.4 is 19.7 Å². The lowest BCUT2D eigenvalue weighted by molar-refractivity contribution is -0.145. The summed E-state index contributed by atoms with van der Waals surface area (Å²) >= 11 is 1.15. The summed E-state index contributed by atoms with van der Waals surface area (Å²) < 4.78 is 24.8. The predicted molar refractivity (Wildman–Crippen MR) is 116 cm³/mol. The predicted octanol–water partition coefficient (Wildman–Crippen LogP) is 4.10. The number of carbonyl (C=O) groups excluding carboxylic acids is 2. The maximum absolute atomic E-state index is 13.7. The summed E-state index contributed by atoms with van der Waals surface area (Å²) in [7, 11) is 1.48. The van der Waals surface area contributed by atoms with Gasteiger partial charge in [-0.05, 0) is 44.2 Å². The molecule has 1 aromatic heterocycles. The van der Waals surface area contributed by atoms with E-state index in [4.69, 9.17) is 9.47 Å². The summed E-state index contributed by atoms with van der Waals surface area (Å²) in [6.45, 7) is 3.66. The highest BCUT2D eigenvalue weighted by Crippen LogP contribution is 2.38. The fraction of sp³-hybridized carbons (Fsp3) is 0.227. The highest BCUT2D eigenvalue weighted by molar-refractivity contribution is 7.14. The molecule has 2 aromatic carbocycles. The second kappa shape index (κ2) is 7.99. The van der Waals surface area contributed by atoms with E-state index in [1.807, 2.05) is 6.92 Å². The van der Waals surface area contributed by atoms with Crippen molar-refractivity contribution < 1.29 is 23.5 Å². The topological polar surface area (TPSA) is 80.8 Å². The summed E-state index contributed by atoms with van der Waals surface area (Å²) in [5.74, 6) is -0.628. The number of anilines is 2. The summed E-state index contributed by atoms with van der Waals surface area (Å²) in [5.41, 5.74) is -0.234. The Balaban J connectivity index is 1.61. The first-order valence-corrected chi connectivity index (χ1v) is 10.5. The third-order valence-corrected chi connectivity index (χ3v) is 5.79. The fourth-order valence-corrected chi connectivity index (χ4v) is 4.11.